The van der Waals surface area contributed by atoms with Crippen molar-refractivity contribution < 1.29 is 0 Å². The Labute approximate surface area is 71.4 Å². The lowest BCUT2D eigenvalue weighted by Gasteiger charge is -1.94. The summed E-state index contributed by atoms with van der Waals surface area (Å²) >= 11 is 0. The summed E-state index contributed by atoms with van der Waals surface area (Å²) in [5.41, 5.74) is 0. The number of hydrogen-bond donors (Lipinski definition) is 0. The molecule has 0 rings (SSSR count). The molecule has 0 fully saturated rings. The van der Waals surface area contributed by atoms with E-state index in [1.165, 1.54) is 25.7 Å². The van der Waals surface area contributed by atoms with Gasteiger partial charge in [-0.2, -0.15) is 0 Å². The molecule has 0 aliphatic heterocycles. The van der Waals surface area contributed by atoms with Crippen LogP contribution in [0.4, 0.5) is 0 Å². The Balaban J connectivity index is 2.90. The van der Waals surface area contributed by atoms with Crippen LogP contribution >= 0.6 is 0 Å². The van der Waals surface area contributed by atoms with Crippen LogP contribution in [0.3, 0.4) is 0 Å². The molecule has 0 aliphatic carbocycles. The summed E-state index contributed by atoms with van der Waals surface area (Å²) in [5.74, 6) is 6.05. The molecule has 0 saturated heterocycles. The minimum atomic E-state index is 0.749. The van der Waals surface area contributed by atoms with Crippen molar-refractivity contribution in [3.05, 3.63) is 13.8 Å². The summed E-state index contributed by atoms with van der Waals surface area (Å²) in [4.78, 5) is 0. The van der Waals surface area contributed by atoms with Crippen molar-refractivity contribution in [3.8, 4) is 11.8 Å². The second kappa shape index (κ2) is 9.56. The SMILES string of the molecule is [CH2]CC#CCCCCCC[CH2]. The molecule has 2 radical (unpaired) electrons. The number of hydrogen-bond acceptors (Lipinski definition) is 0. The first-order chi connectivity index (χ1) is 5.41. The highest BCUT2D eigenvalue weighted by Crippen LogP contribution is 2.03. The van der Waals surface area contributed by atoms with Crippen LogP contribution in [-0.2, 0) is 0 Å². The predicted molar refractivity (Wildman–Crippen MR) is 50.8 cm³/mol. The maximum absolute atomic E-state index is 3.80. The molecule has 0 aromatic rings. The van der Waals surface area contributed by atoms with Crippen LogP contribution in [0.1, 0.15) is 44.9 Å². The molecular formula is C11H18. The van der Waals surface area contributed by atoms with Crippen molar-refractivity contribution in [2.24, 2.45) is 0 Å². The molecule has 0 aromatic carbocycles. The Morgan fingerprint density at radius 2 is 1.55 bits per heavy atom. The molecule has 0 aliphatic rings. The summed E-state index contributed by atoms with van der Waals surface area (Å²) in [6.07, 6.45) is 8.00. The van der Waals surface area contributed by atoms with Crippen molar-refractivity contribution in [2.75, 3.05) is 0 Å². The molecule has 0 N–H and O–H groups in total. The van der Waals surface area contributed by atoms with Crippen LogP contribution < -0.4 is 0 Å². The second-order valence-electron chi connectivity index (χ2n) is 2.62. The van der Waals surface area contributed by atoms with E-state index in [-0.39, 0.29) is 0 Å². The fourth-order valence-electron chi connectivity index (χ4n) is 0.920. The van der Waals surface area contributed by atoms with Gasteiger partial charge < -0.3 is 0 Å². The Morgan fingerprint density at radius 3 is 2.18 bits per heavy atom. The van der Waals surface area contributed by atoms with Gasteiger partial charge in [-0.25, -0.2) is 0 Å². The van der Waals surface area contributed by atoms with Gasteiger partial charge in [0.05, 0.1) is 0 Å². The summed E-state index contributed by atoms with van der Waals surface area (Å²) < 4.78 is 0. The molecule has 0 spiro atoms. The maximum Gasteiger partial charge on any atom is 0.00890 e. The van der Waals surface area contributed by atoms with E-state index in [1.54, 1.807) is 0 Å². The van der Waals surface area contributed by atoms with Gasteiger partial charge in [-0.3, -0.25) is 0 Å². The summed E-state index contributed by atoms with van der Waals surface area (Å²) in [6, 6.07) is 0. The Hall–Kier alpha value is -0.440. The molecule has 0 aromatic heterocycles. The van der Waals surface area contributed by atoms with E-state index in [1.807, 2.05) is 0 Å². The Morgan fingerprint density at radius 1 is 0.818 bits per heavy atom. The highest BCUT2D eigenvalue weighted by molar-refractivity contribution is 4.98. The van der Waals surface area contributed by atoms with Crippen LogP contribution in [0.15, 0.2) is 0 Å². The molecule has 0 heterocycles. The first-order valence-corrected chi connectivity index (χ1v) is 4.46. The maximum atomic E-state index is 3.80. The fraction of sp³-hybridized carbons (Fsp3) is 0.636. The van der Waals surface area contributed by atoms with Gasteiger partial charge in [-0.1, -0.05) is 32.6 Å². The van der Waals surface area contributed by atoms with Gasteiger partial charge in [0.2, 0.25) is 0 Å². The molecular weight excluding hydrogens is 132 g/mol. The molecule has 0 atom stereocenters. The molecule has 0 saturated carbocycles. The first kappa shape index (κ1) is 10.6. The van der Waals surface area contributed by atoms with Crippen molar-refractivity contribution in [3.63, 3.8) is 0 Å². The van der Waals surface area contributed by atoms with Gasteiger partial charge in [0.25, 0.3) is 0 Å². The van der Waals surface area contributed by atoms with E-state index in [4.69, 9.17) is 0 Å². The molecule has 62 valence electrons. The van der Waals surface area contributed by atoms with Crippen LogP contribution in [0, 0.1) is 25.7 Å². The lowest BCUT2D eigenvalue weighted by atomic mass is 10.1. The highest BCUT2D eigenvalue weighted by Gasteiger charge is 1.85. The smallest absolute Gasteiger partial charge is 0.00890 e. The highest BCUT2D eigenvalue weighted by atomic mass is 13.9. The van der Waals surface area contributed by atoms with Crippen molar-refractivity contribution in [2.45, 2.75) is 44.9 Å². The second-order valence-corrected chi connectivity index (χ2v) is 2.62. The van der Waals surface area contributed by atoms with Crippen LogP contribution in [0.25, 0.3) is 0 Å². The van der Waals surface area contributed by atoms with Gasteiger partial charge >= 0.3 is 0 Å². The molecule has 0 amide bonds. The zero-order valence-electron chi connectivity index (χ0n) is 7.36. The largest absolute Gasteiger partial charge is 0.103 e. The average molecular weight is 150 g/mol. The zero-order valence-corrected chi connectivity index (χ0v) is 7.36. The molecule has 0 unspecified atom stereocenters. The monoisotopic (exact) mass is 150 g/mol. The van der Waals surface area contributed by atoms with Gasteiger partial charge in [-0.05, 0) is 13.3 Å². The zero-order chi connectivity index (χ0) is 8.36. The van der Waals surface area contributed by atoms with E-state index in [2.05, 4.69) is 25.7 Å². The van der Waals surface area contributed by atoms with E-state index in [0.29, 0.717) is 0 Å². The fourth-order valence-corrected chi connectivity index (χ4v) is 0.920. The number of rotatable bonds is 5. The van der Waals surface area contributed by atoms with Gasteiger partial charge in [0.15, 0.2) is 0 Å². The van der Waals surface area contributed by atoms with Crippen LogP contribution in [0.5, 0.6) is 0 Å². The van der Waals surface area contributed by atoms with E-state index in [0.717, 1.165) is 19.3 Å². The minimum Gasteiger partial charge on any atom is -0.103 e. The quantitative estimate of drug-likeness (QED) is 0.416. The third kappa shape index (κ3) is 9.56. The van der Waals surface area contributed by atoms with E-state index >= 15 is 0 Å². The summed E-state index contributed by atoms with van der Waals surface area (Å²) in [5, 5.41) is 0. The van der Waals surface area contributed by atoms with Gasteiger partial charge in [-0.15, -0.1) is 11.8 Å². The summed E-state index contributed by atoms with van der Waals surface area (Å²) in [6.45, 7) is 7.45. The molecule has 11 heavy (non-hydrogen) atoms. The Bertz CT molecular complexity index is 114. The summed E-state index contributed by atoms with van der Waals surface area (Å²) in [7, 11) is 0. The van der Waals surface area contributed by atoms with E-state index < -0.39 is 0 Å². The molecule has 0 heteroatoms. The van der Waals surface area contributed by atoms with Gasteiger partial charge in [0.1, 0.15) is 0 Å². The average Bonchev–Trinajstić information content (AvgIpc) is 2.03. The predicted octanol–water partition coefficient (Wildman–Crippen LogP) is 3.39. The lowest BCUT2D eigenvalue weighted by Crippen LogP contribution is -1.75. The van der Waals surface area contributed by atoms with E-state index in [9.17, 15) is 0 Å². The Kier molecular flexibility index (Phi) is 9.18. The van der Waals surface area contributed by atoms with Crippen LogP contribution in [-0.4, -0.2) is 0 Å². The van der Waals surface area contributed by atoms with Gasteiger partial charge in [0, 0.05) is 12.8 Å². The van der Waals surface area contributed by atoms with Crippen LogP contribution in [0.2, 0.25) is 0 Å². The number of unbranched alkanes of at least 4 members (excludes halogenated alkanes) is 5. The normalized spacial score (nSPS) is 8.91. The molecule has 0 nitrogen and oxygen atoms in total. The standard InChI is InChI=1S/C11H18/c1-3-5-7-9-11-10-8-6-4-2/h1-5,7,9-11H2. The topological polar surface area (TPSA) is 0 Å². The van der Waals surface area contributed by atoms with Crippen molar-refractivity contribution in [1.29, 1.82) is 0 Å². The molecule has 0 bridgehead atoms. The minimum absolute atomic E-state index is 0.749. The van der Waals surface area contributed by atoms with Crippen molar-refractivity contribution >= 4 is 0 Å². The third-order valence-corrected chi connectivity index (χ3v) is 1.55. The lowest BCUT2D eigenvalue weighted by molar-refractivity contribution is 0.655. The first-order valence-electron chi connectivity index (χ1n) is 4.46. The van der Waals surface area contributed by atoms with Crippen molar-refractivity contribution in [1.82, 2.24) is 0 Å². The third-order valence-electron chi connectivity index (χ3n) is 1.55.